The van der Waals surface area contributed by atoms with Crippen LogP contribution in [0.5, 0.6) is 5.88 Å². The lowest BCUT2D eigenvalue weighted by Crippen LogP contribution is -2.07. The van der Waals surface area contributed by atoms with Crippen molar-refractivity contribution in [1.29, 1.82) is 0 Å². The second kappa shape index (κ2) is 3.69. The molecule has 0 aliphatic carbocycles. The quantitative estimate of drug-likeness (QED) is 0.819. The zero-order chi connectivity index (χ0) is 12.7. The first kappa shape index (κ1) is 10.5. The summed E-state index contributed by atoms with van der Waals surface area (Å²) in [5.41, 5.74) is 2.40. The zero-order valence-corrected chi connectivity index (χ0v) is 9.49. The monoisotopic (exact) mass is 243 g/mol. The summed E-state index contributed by atoms with van der Waals surface area (Å²) >= 11 is 0. The molecule has 3 heterocycles. The molecule has 1 aliphatic heterocycles. The molecule has 0 saturated heterocycles. The van der Waals surface area contributed by atoms with Gasteiger partial charge < -0.3 is 9.52 Å². The van der Waals surface area contributed by atoms with Crippen molar-refractivity contribution in [2.24, 2.45) is 12.0 Å². The first-order valence-corrected chi connectivity index (χ1v) is 5.26. The van der Waals surface area contributed by atoms with Crippen molar-refractivity contribution in [2.75, 3.05) is 0 Å². The fourth-order valence-corrected chi connectivity index (χ4v) is 1.75. The average molecular weight is 243 g/mol. The van der Waals surface area contributed by atoms with Crippen molar-refractivity contribution in [1.82, 2.24) is 9.55 Å². The number of aromatic nitrogens is 2. The molecule has 2 aromatic heterocycles. The van der Waals surface area contributed by atoms with E-state index in [0.717, 1.165) is 21.4 Å². The third kappa shape index (κ3) is 1.46. The highest BCUT2D eigenvalue weighted by molar-refractivity contribution is 6.21. The minimum absolute atomic E-state index is 0.119. The van der Waals surface area contributed by atoms with Gasteiger partial charge in [-0.1, -0.05) is 0 Å². The van der Waals surface area contributed by atoms with Gasteiger partial charge in [-0.15, -0.1) is 0 Å². The van der Waals surface area contributed by atoms with E-state index in [9.17, 15) is 9.90 Å². The van der Waals surface area contributed by atoms with E-state index in [1.807, 2.05) is 6.07 Å². The smallest absolute Gasteiger partial charge is 0.422 e. The van der Waals surface area contributed by atoms with Gasteiger partial charge in [0, 0.05) is 30.6 Å². The fourth-order valence-electron chi connectivity index (χ4n) is 1.75. The number of nitrogens with zero attached hydrogens (tertiary/aromatic N) is 3. The van der Waals surface area contributed by atoms with Crippen molar-refractivity contribution >= 4 is 23.6 Å². The fraction of sp³-hybridized carbons (Fsp3) is 0.0833. The predicted molar refractivity (Wildman–Crippen MR) is 65.9 cm³/mol. The minimum atomic E-state index is -0.607. The Bertz CT molecular complexity index is 737. The molecule has 0 atom stereocenters. The standard InChI is InChI=1S/C12H9N3O3/c1-15-11(16)10(18-12(15)17)4-7-5-14-9-6-13-3-2-8(7)9/h2-6,16H,1H3. The van der Waals surface area contributed by atoms with E-state index in [0.29, 0.717) is 0 Å². The predicted octanol–water partition coefficient (Wildman–Crippen LogP) is 1.34. The number of pyridine rings is 1. The van der Waals surface area contributed by atoms with Gasteiger partial charge in [0.2, 0.25) is 5.88 Å². The summed E-state index contributed by atoms with van der Waals surface area (Å²) in [5, 5.41) is 9.69. The molecule has 1 aliphatic rings. The number of oxazole rings is 1. The van der Waals surface area contributed by atoms with E-state index in [1.54, 1.807) is 24.7 Å². The van der Waals surface area contributed by atoms with E-state index in [1.165, 1.54) is 7.05 Å². The maximum Gasteiger partial charge on any atom is 0.422 e. The maximum absolute atomic E-state index is 11.2. The van der Waals surface area contributed by atoms with E-state index < -0.39 is 5.76 Å². The van der Waals surface area contributed by atoms with Crippen molar-refractivity contribution in [3.05, 3.63) is 40.3 Å². The van der Waals surface area contributed by atoms with E-state index in [2.05, 4.69) is 9.98 Å². The lowest BCUT2D eigenvalue weighted by molar-refractivity contribution is 0.427. The summed E-state index contributed by atoms with van der Waals surface area (Å²) in [6.45, 7) is 0. The highest BCUT2D eigenvalue weighted by Gasteiger charge is 2.16. The highest BCUT2D eigenvalue weighted by Crippen LogP contribution is 2.32. The molecule has 90 valence electrons. The first-order valence-electron chi connectivity index (χ1n) is 5.26. The highest BCUT2D eigenvalue weighted by atomic mass is 16.4. The number of fused-ring (bicyclic) bond motifs is 1. The summed E-state index contributed by atoms with van der Waals surface area (Å²) < 4.78 is 5.96. The summed E-state index contributed by atoms with van der Waals surface area (Å²) in [6, 6.07) is 1.81. The second-order valence-electron chi connectivity index (χ2n) is 3.87. The Balaban J connectivity index is 2.12. The van der Waals surface area contributed by atoms with Crippen LogP contribution < -0.4 is 5.76 Å². The molecule has 0 amide bonds. The Morgan fingerprint density at radius 3 is 3.06 bits per heavy atom. The van der Waals surface area contributed by atoms with Crippen LogP contribution in [0.4, 0.5) is 5.69 Å². The molecule has 2 aromatic rings. The van der Waals surface area contributed by atoms with Crippen LogP contribution in [-0.2, 0) is 7.05 Å². The minimum Gasteiger partial charge on any atom is -0.492 e. The Labute approximate surface area is 102 Å². The Hall–Kier alpha value is -2.63. The number of aromatic hydroxyl groups is 1. The van der Waals surface area contributed by atoms with Crippen LogP contribution in [0, 0.1) is 0 Å². The van der Waals surface area contributed by atoms with Crippen LogP contribution in [0.15, 0.2) is 32.7 Å². The van der Waals surface area contributed by atoms with Gasteiger partial charge in [-0.2, -0.15) is 0 Å². The third-order valence-electron chi connectivity index (χ3n) is 2.75. The van der Waals surface area contributed by atoms with Gasteiger partial charge in [-0.05, 0) is 12.1 Å². The normalized spacial score (nSPS) is 15.3. The molecule has 6 heteroatoms. The Morgan fingerprint density at radius 1 is 1.50 bits per heavy atom. The zero-order valence-electron chi connectivity index (χ0n) is 9.49. The molecule has 0 saturated carbocycles. The molecule has 6 nitrogen and oxygen atoms in total. The molecular weight excluding hydrogens is 234 g/mol. The second-order valence-corrected chi connectivity index (χ2v) is 3.87. The van der Waals surface area contributed by atoms with Crippen molar-refractivity contribution in [2.45, 2.75) is 0 Å². The molecule has 0 bridgehead atoms. The van der Waals surface area contributed by atoms with Crippen LogP contribution in [0.1, 0.15) is 11.3 Å². The number of hydrogen-bond donors (Lipinski definition) is 1. The van der Waals surface area contributed by atoms with Crippen LogP contribution in [-0.4, -0.2) is 20.9 Å². The molecular formula is C12H9N3O3. The summed E-state index contributed by atoms with van der Waals surface area (Å²) in [5.74, 6) is -0.693. The number of allylic oxidation sites excluding steroid dienone is 1. The molecule has 3 rings (SSSR count). The average Bonchev–Trinajstić information content (AvgIpc) is 2.89. The molecule has 0 aromatic carbocycles. The topological polar surface area (TPSA) is 80.6 Å². The maximum atomic E-state index is 11.2. The van der Waals surface area contributed by atoms with E-state index >= 15 is 0 Å². The van der Waals surface area contributed by atoms with Crippen LogP contribution in [0.2, 0.25) is 0 Å². The van der Waals surface area contributed by atoms with Crippen LogP contribution >= 0.6 is 0 Å². The van der Waals surface area contributed by atoms with Gasteiger partial charge in [0.1, 0.15) is 0 Å². The number of rotatable bonds is 1. The Morgan fingerprint density at radius 2 is 2.33 bits per heavy atom. The largest absolute Gasteiger partial charge is 0.492 e. The van der Waals surface area contributed by atoms with E-state index in [4.69, 9.17) is 4.42 Å². The first-order chi connectivity index (χ1) is 8.66. The summed E-state index contributed by atoms with van der Waals surface area (Å²) in [6.07, 6.45) is 6.51. The Kier molecular flexibility index (Phi) is 2.16. The van der Waals surface area contributed by atoms with Gasteiger partial charge >= 0.3 is 5.76 Å². The number of aliphatic imine (C=N–C) groups is 1. The molecule has 1 N–H and O–H groups in total. The molecule has 18 heavy (non-hydrogen) atoms. The summed E-state index contributed by atoms with van der Waals surface area (Å²) in [7, 11) is 1.43. The van der Waals surface area contributed by atoms with Gasteiger partial charge in [-0.25, -0.2) is 9.36 Å². The third-order valence-corrected chi connectivity index (χ3v) is 2.75. The van der Waals surface area contributed by atoms with Gasteiger partial charge in [0.15, 0.2) is 5.76 Å². The van der Waals surface area contributed by atoms with Gasteiger partial charge in [0.05, 0.1) is 11.9 Å². The summed E-state index contributed by atoms with van der Waals surface area (Å²) in [4.78, 5) is 19.4. The van der Waals surface area contributed by atoms with Crippen molar-refractivity contribution in [3.63, 3.8) is 0 Å². The van der Waals surface area contributed by atoms with Crippen LogP contribution in [0.25, 0.3) is 11.6 Å². The van der Waals surface area contributed by atoms with Gasteiger partial charge in [0.25, 0.3) is 0 Å². The SMILES string of the molecule is Cn1c(O)c(C=C2C=Nc3cnccc32)oc1=O. The van der Waals surface area contributed by atoms with E-state index in [-0.39, 0.29) is 11.6 Å². The molecule has 0 fully saturated rings. The van der Waals surface area contributed by atoms with Gasteiger partial charge in [-0.3, -0.25) is 9.98 Å². The molecule has 0 radical (unpaired) electrons. The van der Waals surface area contributed by atoms with Crippen LogP contribution in [0.3, 0.4) is 0 Å². The lowest BCUT2D eigenvalue weighted by Gasteiger charge is -1.97. The van der Waals surface area contributed by atoms with Crippen molar-refractivity contribution < 1.29 is 9.52 Å². The molecule has 0 spiro atoms. The molecule has 0 unspecified atom stereocenters. The number of hydrogen-bond acceptors (Lipinski definition) is 5. The lowest BCUT2D eigenvalue weighted by atomic mass is 10.1. The van der Waals surface area contributed by atoms with Crippen molar-refractivity contribution in [3.8, 4) is 5.88 Å².